The smallest absolute Gasteiger partial charge is 0.252 e. The van der Waals surface area contributed by atoms with Gasteiger partial charge in [0.1, 0.15) is 0 Å². The summed E-state index contributed by atoms with van der Waals surface area (Å²) >= 11 is 1.57. The van der Waals surface area contributed by atoms with Gasteiger partial charge in [0.05, 0.1) is 22.3 Å². The van der Waals surface area contributed by atoms with E-state index in [4.69, 9.17) is 0 Å². The largest absolute Gasteiger partial charge is 0.352 e. The second kappa shape index (κ2) is 6.46. The maximum atomic E-state index is 12.7. The first-order chi connectivity index (χ1) is 11.1. The van der Waals surface area contributed by atoms with Gasteiger partial charge in [-0.25, -0.2) is 4.98 Å². The number of hydrogen-bond donors (Lipinski definition) is 1. The van der Waals surface area contributed by atoms with Crippen LogP contribution in [0.2, 0.25) is 0 Å². The van der Waals surface area contributed by atoms with Crippen LogP contribution in [0.3, 0.4) is 0 Å². The third kappa shape index (κ3) is 3.24. The van der Waals surface area contributed by atoms with Gasteiger partial charge in [0, 0.05) is 29.4 Å². The predicted octanol–water partition coefficient (Wildman–Crippen LogP) is 3.59. The van der Waals surface area contributed by atoms with Crippen molar-refractivity contribution >= 4 is 28.1 Å². The zero-order valence-electron chi connectivity index (χ0n) is 13.5. The number of thiazole rings is 1. The molecule has 0 atom stereocenters. The van der Waals surface area contributed by atoms with Crippen molar-refractivity contribution in [1.29, 1.82) is 0 Å². The van der Waals surface area contributed by atoms with Crippen LogP contribution in [0.15, 0.2) is 29.1 Å². The minimum absolute atomic E-state index is 0.0428. The summed E-state index contributed by atoms with van der Waals surface area (Å²) in [5.74, 6) is -0.0428. The molecule has 1 amide bonds. The molecule has 2 aromatic heterocycles. The number of pyridine rings is 1. The molecule has 23 heavy (non-hydrogen) atoms. The molecule has 0 aliphatic rings. The van der Waals surface area contributed by atoms with Gasteiger partial charge in [-0.3, -0.25) is 9.78 Å². The van der Waals surface area contributed by atoms with E-state index in [0.29, 0.717) is 6.54 Å². The molecule has 0 aliphatic heterocycles. The Balaban J connectivity index is 1.89. The zero-order chi connectivity index (χ0) is 16.4. The predicted molar refractivity (Wildman–Crippen MR) is 94.1 cm³/mol. The van der Waals surface area contributed by atoms with Crippen LogP contribution in [0.1, 0.15) is 32.9 Å². The van der Waals surface area contributed by atoms with Crippen molar-refractivity contribution in [3.8, 4) is 0 Å². The summed E-state index contributed by atoms with van der Waals surface area (Å²) in [4.78, 5) is 21.5. The standard InChI is InChI=1S/C18H19N3OS/c1-11-4-5-16-15(8-11)17(12(2)13(3)21-16)18(22)19-7-6-14-9-23-10-20-14/h4-5,8-10H,6-7H2,1-3H3,(H,19,22). The van der Waals surface area contributed by atoms with Crippen LogP contribution in [0.5, 0.6) is 0 Å². The van der Waals surface area contributed by atoms with Crippen LogP contribution in [-0.2, 0) is 6.42 Å². The third-order valence-electron chi connectivity index (χ3n) is 4.00. The first-order valence-electron chi connectivity index (χ1n) is 7.59. The highest BCUT2D eigenvalue weighted by Gasteiger charge is 2.16. The van der Waals surface area contributed by atoms with Crippen LogP contribution >= 0.6 is 11.3 Å². The summed E-state index contributed by atoms with van der Waals surface area (Å²) in [6.07, 6.45) is 0.745. The van der Waals surface area contributed by atoms with E-state index < -0.39 is 0 Å². The van der Waals surface area contributed by atoms with Gasteiger partial charge in [-0.2, -0.15) is 0 Å². The molecule has 5 heteroatoms. The summed E-state index contributed by atoms with van der Waals surface area (Å²) in [5.41, 5.74) is 7.37. The third-order valence-corrected chi connectivity index (χ3v) is 4.64. The van der Waals surface area contributed by atoms with E-state index in [9.17, 15) is 4.79 Å². The van der Waals surface area contributed by atoms with E-state index >= 15 is 0 Å². The highest BCUT2D eigenvalue weighted by molar-refractivity contribution is 7.07. The Kier molecular flexibility index (Phi) is 4.39. The fraction of sp³-hybridized carbons (Fsp3) is 0.278. The van der Waals surface area contributed by atoms with Gasteiger partial charge in [0.2, 0.25) is 0 Å². The summed E-state index contributed by atoms with van der Waals surface area (Å²) in [5, 5.41) is 5.94. The number of carbonyl (C=O) groups is 1. The number of nitrogens with zero attached hydrogens (tertiary/aromatic N) is 2. The number of benzene rings is 1. The number of aryl methyl sites for hydroxylation is 2. The van der Waals surface area contributed by atoms with Crippen LogP contribution in [0.4, 0.5) is 0 Å². The van der Waals surface area contributed by atoms with E-state index in [1.807, 2.05) is 49.9 Å². The summed E-state index contributed by atoms with van der Waals surface area (Å²) in [7, 11) is 0. The Labute approximate surface area is 139 Å². The number of rotatable bonds is 4. The molecule has 4 nitrogen and oxygen atoms in total. The SMILES string of the molecule is Cc1ccc2nc(C)c(C)c(C(=O)NCCc3cscn3)c2c1. The van der Waals surface area contributed by atoms with Crippen molar-refractivity contribution < 1.29 is 4.79 Å². The van der Waals surface area contributed by atoms with E-state index in [2.05, 4.69) is 15.3 Å². The highest BCUT2D eigenvalue weighted by Crippen LogP contribution is 2.24. The van der Waals surface area contributed by atoms with E-state index in [1.54, 1.807) is 11.3 Å². The minimum atomic E-state index is -0.0428. The second-order valence-electron chi connectivity index (χ2n) is 5.70. The van der Waals surface area contributed by atoms with Crippen molar-refractivity contribution in [2.24, 2.45) is 0 Å². The van der Waals surface area contributed by atoms with Gasteiger partial charge in [0.15, 0.2) is 0 Å². The zero-order valence-corrected chi connectivity index (χ0v) is 14.3. The lowest BCUT2D eigenvalue weighted by molar-refractivity contribution is 0.0955. The van der Waals surface area contributed by atoms with Gasteiger partial charge in [-0.05, 0) is 38.5 Å². The monoisotopic (exact) mass is 325 g/mol. The van der Waals surface area contributed by atoms with E-state index in [0.717, 1.165) is 45.4 Å². The summed E-state index contributed by atoms with van der Waals surface area (Å²) < 4.78 is 0. The van der Waals surface area contributed by atoms with E-state index in [-0.39, 0.29) is 5.91 Å². The fourth-order valence-electron chi connectivity index (χ4n) is 2.64. The maximum Gasteiger partial charge on any atom is 0.252 e. The normalized spacial score (nSPS) is 10.9. The second-order valence-corrected chi connectivity index (χ2v) is 6.42. The molecule has 1 aromatic carbocycles. The molecule has 3 aromatic rings. The van der Waals surface area contributed by atoms with Crippen LogP contribution in [-0.4, -0.2) is 22.4 Å². The van der Waals surface area contributed by atoms with Gasteiger partial charge < -0.3 is 5.32 Å². The Bertz CT molecular complexity index is 856. The summed E-state index contributed by atoms with van der Waals surface area (Å²) in [6, 6.07) is 6.03. The molecule has 118 valence electrons. The molecule has 0 spiro atoms. The van der Waals surface area contributed by atoms with Gasteiger partial charge in [0.25, 0.3) is 5.91 Å². The number of aromatic nitrogens is 2. The molecule has 0 saturated heterocycles. The Morgan fingerprint density at radius 1 is 1.26 bits per heavy atom. The highest BCUT2D eigenvalue weighted by atomic mass is 32.1. The van der Waals surface area contributed by atoms with Crippen LogP contribution in [0, 0.1) is 20.8 Å². The van der Waals surface area contributed by atoms with Crippen molar-refractivity contribution in [2.75, 3.05) is 6.54 Å². The van der Waals surface area contributed by atoms with E-state index in [1.165, 1.54) is 0 Å². The Hall–Kier alpha value is -2.27. The molecule has 0 unspecified atom stereocenters. The van der Waals surface area contributed by atoms with Crippen LogP contribution in [0.25, 0.3) is 10.9 Å². The van der Waals surface area contributed by atoms with Crippen molar-refractivity contribution in [3.63, 3.8) is 0 Å². The van der Waals surface area contributed by atoms with Gasteiger partial charge in [-0.1, -0.05) is 11.6 Å². The van der Waals surface area contributed by atoms with Gasteiger partial charge in [-0.15, -0.1) is 11.3 Å². The lowest BCUT2D eigenvalue weighted by Gasteiger charge is -2.13. The lowest BCUT2D eigenvalue weighted by atomic mass is 9.99. The van der Waals surface area contributed by atoms with Crippen molar-refractivity contribution in [3.05, 3.63) is 57.2 Å². The molecule has 0 aliphatic carbocycles. The number of amides is 1. The molecule has 0 radical (unpaired) electrons. The molecule has 0 bridgehead atoms. The number of fused-ring (bicyclic) bond motifs is 1. The Morgan fingerprint density at radius 3 is 2.83 bits per heavy atom. The summed E-state index contributed by atoms with van der Waals surface area (Å²) in [6.45, 7) is 6.51. The molecule has 3 rings (SSSR count). The number of carbonyl (C=O) groups excluding carboxylic acids is 1. The van der Waals surface area contributed by atoms with Crippen molar-refractivity contribution in [2.45, 2.75) is 27.2 Å². The molecule has 1 N–H and O–H groups in total. The average molecular weight is 325 g/mol. The number of nitrogens with one attached hydrogen (secondary N) is 1. The first-order valence-corrected chi connectivity index (χ1v) is 8.53. The van der Waals surface area contributed by atoms with Crippen molar-refractivity contribution in [1.82, 2.24) is 15.3 Å². The minimum Gasteiger partial charge on any atom is -0.352 e. The molecular formula is C18H19N3OS. The lowest BCUT2D eigenvalue weighted by Crippen LogP contribution is -2.27. The first kappa shape index (κ1) is 15.6. The fourth-order valence-corrected chi connectivity index (χ4v) is 3.23. The van der Waals surface area contributed by atoms with Gasteiger partial charge >= 0.3 is 0 Å². The topological polar surface area (TPSA) is 54.9 Å². The average Bonchev–Trinajstić information content (AvgIpc) is 3.02. The molecule has 0 saturated carbocycles. The molecular weight excluding hydrogens is 306 g/mol. The van der Waals surface area contributed by atoms with Crippen LogP contribution < -0.4 is 5.32 Å². The molecule has 2 heterocycles. The molecule has 0 fully saturated rings. The maximum absolute atomic E-state index is 12.7. The quantitative estimate of drug-likeness (QED) is 0.797. The Morgan fingerprint density at radius 2 is 2.09 bits per heavy atom. The number of hydrogen-bond acceptors (Lipinski definition) is 4.